The van der Waals surface area contributed by atoms with E-state index in [0.717, 1.165) is 0 Å². The summed E-state index contributed by atoms with van der Waals surface area (Å²) in [5.74, 6) is -1.27. The van der Waals surface area contributed by atoms with Crippen molar-refractivity contribution in [1.29, 1.82) is 0 Å². The van der Waals surface area contributed by atoms with Crippen LogP contribution in [0.1, 0.15) is 10.4 Å². The Bertz CT molecular complexity index is 736. The van der Waals surface area contributed by atoms with Crippen LogP contribution in [0.15, 0.2) is 39.4 Å². The summed E-state index contributed by atoms with van der Waals surface area (Å²) < 4.78 is 6.26. The maximum Gasteiger partial charge on any atom is 0.341 e. The summed E-state index contributed by atoms with van der Waals surface area (Å²) >= 11 is 6.24. The number of non-ortho nitro benzene ring substituents is 1. The number of carboxylic acids is 1. The molecule has 0 radical (unpaired) electrons. The van der Waals surface area contributed by atoms with Gasteiger partial charge in [0.15, 0.2) is 0 Å². The third kappa shape index (κ3) is 3.76. The molecule has 1 aromatic heterocycles. The molecule has 1 N–H and O–H groups in total. The van der Waals surface area contributed by atoms with Crippen molar-refractivity contribution in [2.45, 2.75) is 0 Å². The number of nitro benzene ring substituents is 1. The molecule has 0 unspecified atom stereocenters. The van der Waals surface area contributed by atoms with Crippen molar-refractivity contribution in [3.8, 4) is 11.6 Å². The Hall–Kier alpha value is -2.00. The van der Waals surface area contributed by atoms with Crippen LogP contribution >= 0.6 is 31.9 Å². The van der Waals surface area contributed by atoms with Gasteiger partial charge in [0.1, 0.15) is 11.3 Å². The number of ether oxygens (including phenoxy) is 1. The van der Waals surface area contributed by atoms with Crippen LogP contribution in [0.25, 0.3) is 0 Å². The van der Waals surface area contributed by atoms with E-state index in [4.69, 9.17) is 9.84 Å². The van der Waals surface area contributed by atoms with Gasteiger partial charge in [-0.25, -0.2) is 9.78 Å². The first-order valence-electron chi connectivity index (χ1n) is 5.38. The van der Waals surface area contributed by atoms with Crippen LogP contribution in [0, 0.1) is 10.1 Å². The van der Waals surface area contributed by atoms with Crippen molar-refractivity contribution in [2.24, 2.45) is 0 Å². The van der Waals surface area contributed by atoms with Gasteiger partial charge in [-0.1, -0.05) is 15.9 Å². The van der Waals surface area contributed by atoms with Gasteiger partial charge in [0.25, 0.3) is 5.69 Å². The Morgan fingerprint density at radius 3 is 2.57 bits per heavy atom. The fourth-order valence-corrected chi connectivity index (χ4v) is 2.28. The van der Waals surface area contributed by atoms with E-state index in [2.05, 4.69) is 36.8 Å². The molecule has 7 nitrogen and oxygen atoms in total. The summed E-state index contributed by atoms with van der Waals surface area (Å²) in [6.45, 7) is 0. The minimum absolute atomic E-state index is 0.105. The third-order valence-corrected chi connectivity index (χ3v) is 3.22. The summed E-state index contributed by atoms with van der Waals surface area (Å²) in [5.41, 5.74) is -0.347. The molecule has 1 aromatic carbocycles. The van der Waals surface area contributed by atoms with E-state index in [-0.39, 0.29) is 22.9 Å². The van der Waals surface area contributed by atoms with Gasteiger partial charge in [0.2, 0.25) is 5.88 Å². The molecule has 0 fully saturated rings. The van der Waals surface area contributed by atoms with Gasteiger partial charge in [-0.3, -0.25) is 10.1 Å². The molecule has 108 valence electrons. The van der Waals surface area contributed by atoms with Crippen LogP contribution in [-0.4, -0.2) is 21.0 Å². The number of nitrogens with zero attached hydrogens (tertiary/aromatic N) is 2. The zero-order valence-corrected chi connectivity index (χ0v) is 13.3. The number of carboxylic acid groups (broad SMARTS) is 1. The zero-order chi connectivity index (χ0) is 15.6. The van der Waals surface area contributed by atoms with E-state index in [1.807, 2.05) is 0 Å². The minimum atomic E-state index is -1.22. The van der Waals surface area contributed by atoms with Crippen LogP contribution in [-0.2, 0) is 0 Å². The number of pyridine rings is 1. The summed E-state index contributed by atoms with van der Waals surface area (Å²) in [4.78, 5) is 25.2. The second kappa shape index (κ2) is 6.19. The Morgan fingerprint density at radius 1 is 1.24 bits per heavy atom. The molecule has 0 saturated heterocycles. The first-order chi connectivity index (χ1) is 9.86. The molecule has 0 saturated carbocycles. The first kappa shape index (κ1) is 15.4. The highest BCUT2D eigenvalue weighted by molar-refractivity contribution is 9.10. The molecule has 21 heavy (non-hydrogen) atoms. The van der Waals surface area contributed by atoms with Gasteiger partial charge in [-0.2, -0.15) is 0 Å². The maximum absolute atomic E-state index is 11.1. The summed E-state index contributed by atoms with van der Waals surface area (Å²) in [5, 5.41) is 19.9. The van der Waals surface area contributed by atoms with Gasteiger partial charge in [0.05, 0.1) is 11.0 Å². The summed E-state index contributed by atoms with van der Waals surface area (Å²) in [7, 11) is 0. The molecule has 9 heteroatoms. The predicted octanol–water partition coefficient (Wildman–Crippen LogP) is 4.01. The van der Waals surface area contributed by atoms with Crippen molar-refractivity contribution in [2.75, 3.05) is 0 Å². The number of hydrogen-bond donors (Lipinski definition) is 1. The molecule has 1 heterocycles. The number of aromatic carboxylic acids is 1. The lowest BCUT2D eigenvalue weighted by Gasteiger charge is -2.08. The van der Waals surface area contributed by atoms with E-state index < -0.39 is 10.9 Å². The number of rotatable bonds is 4. The second-order valence-electron chi connectivity index (χ2n) is 3.82. The van der Waals surface area contributed by atoms with Gasteiger partial charge >= 0.3 is 5.97 Å². The van der Waals surface area contributed by atoms with Crippen LogP contribution in [0.3, 0.4) is 0 Å². The molecule has 2 aromatic rings. The molecule has 2 rings (SSSR count). The number of halogens is 2. The van der Waals surface area contributed by atoms with Crippen molar-refractivity contribution < 1.29 is 19.6 Å². The average molecular weight is 418 g/mol. The molecule has 0 aliphatic rings. The van der Waals surface area contributed by atoms with Gasteiger partial charge < -0.3 is 9.84 Å². The quantitative estimate of drug-likeness (QED) is 0.595. The highest BCUT2D eigenvalue weighted by Gasteiger charge is 2.16. The molecule has 0 aliphatic heterocycles. The maximum atomic E-state index is 11.1. The Balaban J connectivity index is 2.43. The number of aromatic nitrogens is 1. The smallest absolute Gasteiger partial charge is 0.341 e. The molecular weight excluding hydrogens is 412 g/mol. The number of nitro groups is 1. The third-order valence-electron chi connectivity index (χ3n) is 2.33. The van der Waals surface area contributed by atoms with Crippen LogP contribution in [0.5, 0.6) is 11.6 Å². The zero-order valence-electron chi connectivity index (χ0n) is 10.1. The lowest BCUT2D eigenvalue weighted by atomic mass is 10.2. The predicted molar refractivity (Wildman–Crippen MR) is 79.8 cm³/mol. The highest BCUT2D eigenvalue weighted by Crippen LogP contribution is 2.31. The fraction of sp³-hybridized carbons (Fsp3) is 0. The number of hydrogen-bond acceptors (Lipinski definition) is 5. The van der Waals surface area contributed by atoms with Crippen molar-refractivity contribution in [3.05, 3.63) is 55.1 Å². The van der Waals surface area contributed by atoms with Gasteiger partial charge in [0, 0.05) is 21.2 Å². The van der Waals surface area contributed by atoms with E-state index in [1.165, 1.54) is 30.5 Å². The van der Waals surface area contributed by atoms with E-state index >= 15 is 0 Å². The lowest BCUT2D eigenvalue weighted by Crippen LogP contribution is -2.02. The number of carbonyl (C=O) groups is 1. The van der Waals surface area contributed by atoms with Crippen LogP contribution in [0.2, 0.25) is 0 Å². The van der Waals surface area contributed by atoms with Crippen molar-refractivity contribution in [3.63, 3.8) is 0 Å². The highest BCUT2D eigenvalue weighted by atomic mass is 79.9. The Morgan fingerprint density at radius 2 is 1.95 bits per heavy atom. The second-order valence-corrected chi connectivity index (χ2v) is 5.65. The Labute approximate surface area is 135 Å². The topological polar surface area (TPSA) is 103 Å². The van der Waals surface area contributed by atoms with E-state index in [1.54, 1.807) is 0 Å². The molecule has 0 amide bonds. The van der Waals surface area contributed by atoms with Gasteiger partial charge in [-0.05, 0) is 28.1 Å². The molecule has 0 aliphatic carbocycles. The monoisotopic (exact) mass is 416 g/mol. The minimum Gasteiger partial charge on any atom is -0.477 e. The van der Waals surface area contributed by atoms with E-state index in [9.17, 15) is 14.9 Å². The Kier molecular flexibility index (Phi) is 4.53. The SMILES string of the molecule is O=C(O)c1cc(Br)cnc1Oc1cc(Br)cc([N+](=O)[O-])c1. The molecular formula is C12H6Br2N2O5. The lowest BCUT2D eigenvalue weighted by molar-refractivity contribution is -0.385. The summed E-state index contributed by atoms with van der Waals surface area (Å²) in [6, 6.07) is 5.29. The molecule has 0 bridgehead atoms. The fourth-order valence-electron chi connectivity index (χ4n) is 1.49. The summed E-state index contributed by atoms with van der Waals surface area (Å²) in [6.07, 6.45) is 1.37. The van der Waals surface area contributed by atoms with Gasteiger partial charge in [-0.15, -0.1) is 0 Å². The standard InChI is InChI=1S/C12H6Br2N2O5/c13-6-1-8(16(19)20)4-9(2-6)21-11-10(12(17)18)3-7(14)5-15-11/h1-5H,(H,17,18). The van der Waals surface area contributed by atoms with Crippen molar-refractivity contribution in [1.82, 2.24) is 4.98 Å². The first-order valence-corrected chi connectivity index (χ1v) is 6.97. The molecule has 0 atom stereocenters. The largest absolute Gasteiger partial charge is 0.477 e. The van der Waals surface area contributed by atoms with Crippen molar-refractivity contribution >= 4 is 43.5 Å². The van der Waals surface area contributed by atoms with Crippen LogP contribution in [0.4, 0.5) is 5.69 Å². The molecule has 0 spiro atoms. The number of benzene rings is 1. The average Bonchev–Trinajstić information content (AvgIpc) is 2.40. The normalized spacial score (nSPS) is 10.2. The van der Waals surface area contributed by atoms with E-state index in [0.29, 0.717) is 8.95 Å². The van der Waals surface area contributed by atoms with Crippen LogP contribution < -0.4 is 4.74 Å².